The monoisotopic (exact) mass is 403 g/mol. The van der Waals surface area contributed by atoms with Gasteiger partial charge in [0.2, 0.25) is 0 Å². The van der Waals surface area contributed by atoms with Gasteiger partial charge in [-0.3, -0.25) is 9.48 Å². The Balaban J connectivity index is 1.79. The van der Waals surface area contributed by atoms with Crippen molar-refractivity contribution in [3.8, 4) is 11.5 Å². The molecule has 0 unspecified atom stereocenters. The molecule has 0 saturated carbocycles. The van der Waals surface area contributed by atoms with Crippen LogP contribution in [-0.2, 0) is 6.54 Å². The fraction of sp³-hybridized carbons (Fsp3) is 0.200. The van der Waals surface area contributed by atoms with Crippen molar-refractivity contribution in [2.75, 3.05) is 19.5 Å². The van der Waals surface area contributed by atoms with Crippen LogP contribution in [0.5, 0.6) is 11.5 Å². The number of methoxy groups -OCH3 is 2. The summed E-state index contributed by atoms with van der Waals surface area (Å²) >= 11 is 6.09. The zero-order valence-corrected chi connectivity index (χ0v) is 16.4. The lowest BCUT2D eigenvalue weighted by Gasteiger charge is -2.08. The highest BCUT2D eigenvalue weighted by molar-refractivity contribution is 6.31. The molecule has 0 fully saturated rings. The lowest BCUT2D eigenvalue weighted by atomic mass is 10.2. The number of carbonyl (C=O) groups is 1. The third-order valence-electron chi connectivity index (χ3n) is 4.17. The quantitative estimate of drug-likeness (QED) is 0.666. The van der Waals surface area contributed by atoms with Crippen LogP contribution >= 0.6 is 11.6 Å². The minimum absolute atomic E-state index is 0.323. The molecule has 0 aliphatic rings. The number of halogens is 2. The Hall–Kier alpha value is -3.06. The molecule has 8 heteroatoms. The normalized spacial score (nSPS) is 10.6. The summed E-state index contributed by atoms with van der Waals surface area (Å²) in [5.41, 5.74) is 1.92. The van der Waals surface area contributed by atoms with Crippen molar-refractivity contribution >= 4 is 23.3 Å². The number of nitrogens with zero attached hydrogens (tertiary/aromatic N) is 2. The molecular formula is C20H19ClFN3O3. The van der Waals surface area contributed by atoms with Gasteiger partial charge in [0.05, 0.1) is 20.8 Å². The lowest BCUT2D eigenvalue weighted by Crippen LogP contribution is -2.13. The Labute approximate surface area is 166 Å². The van der Waals surface area contributed by atoms with Crippen LogP contribution in [0.4, 0.5) is 10.2 Å². The minimum Gasteiger partial charge on any atom is -0.497 e. The molecule has 3 rings (SSSR count). The van der Waals surface area contributed by atoms with Gasteiger partial charge in [-0.25, -0.2) is 4.39 Å². The molecule has 1 aromatic heterocycles. The molecule has 146 valence electrons. The SMILES string of the molecule is COc1cc(OC)cc(C(=O)Nc2cc(C)n(Cc3ccc(F)cc3Cl)n2)c1. The molecule has 0 saturated heterocycles. The van der Waals surface area contributed by atoms with E-state index in [1.807, 2.05) is 6.92 Å². The number of hydrogen-bond donors (Lipinski definition) is 1. The topological polar surface area (TPSA) is 65.4 Å². The second-order valence-electron chi connectivity index (χ2n) is 6.12. The number of hydrogen-bond acceptors (Lipinski definition) is 4. The van der Waals surface area contributed by atoms with E-state index in [9.17, 15) is 9.18 Å². The van der Waals surface area contributed by atoms with Crippen molar-refractivity contribution in [1.29, 1.82) is 0 Å². The number of carbonyl (C=O) groups excluding carboxylic acids is 1. The Morgan fingerprint density at radius 3 is 2.43 bits per heavy atom. The van der Waals surface area contributed by atoms with Crippen LogP contribution in [0.2, 0.25) is 5.02 Å². The largest absolute Gasteiger partial charge is 0.497 e. The van der Waals surface area contributed by atoms with Gasteiger partial charge in [-0.1, -0.05) is 17.7 Å². The van der Waals surface area contributed by atoms with Gasteiger partial charge in [-0.05, 0) is 36.8 Å². The molecule has 1 amide bonds. The smallest absolute Gasteiger partial charge is 0.257 e. The minimum atomic E-state index is -0.396. The molecule has 0 atom stereocenters. The first kappa shape index (κ1) is 19.7. The molecule has 6 nitrogen and oxygen atoms in total. The van der Waals surface area contributed by atoms with Gasteiger partial charge in [0.25, 0.3) is 5.91 Å². The highest BCUT2D eigenvalue weighted by atomic mass is 35.5. The van der Waals surface area contributed by atoms with E-state index in [0.29, 0.717) is 34.4 Å². The summed E-state index contributed by atoms with van der Waals surface area (Å²) in [6, 6.07) is 10.9. The number of anilines is 1. The Kier molecular flexibility index (Phi) is 5.84. The highest BCUT2D eigenvalue weighted by Gasteiger charge is 2.13. The summed E-state index contributed by atoms with van der Waals surface area (Å²) < 4.78 is 25.3. The van der Waals surface area contributed by atoms with E-state index < -0.39 is 5.82 Å². The molecule has 3 aromatic rings. The van der Waals surface area contributed by atoms with E-state index in [0.717, 1.165) is 11.3 Å². The first-order valence-corrected chi connectivity index (χ1v) is 8.80. The van der Waals surface area contributed by atoms with Gasteiger partial charge in [-0.2, -0.15) is 5.10 Å². The van der Waals surface area contributed by atoms with Crippen LogP contribution < -0.4 is 14.8 Å². The average Bonchev–Trinajstić information content (AvgIpc) is 3.02. The molecule has 0 radical (unpaired) electrons. The van der Waals surface area contributed by atoms with Crippen molar-refractivity contribution in [2.24, 2.45) is 0 Å². The van der Waals surface area contributed by atoms with Crippen LogP contribution in [0.1, 0.15) is 21.6 Å². The van der Waals surface area contributed by atoms with Gasteiger partial charge in [0.15, 0.2) is 5.82 Å². The first-order chi connectivity index (χ1) is 13.4. The van der Waals surface area contributed by atoms with Crippen molar-refractivity contribution in [3.63, 3.8) is 0 Å². The van der Waals surface area contributed by atoms with Gasteiger partial charge < -0.3 is 14.8 Å². The van der Waals surface area contributed by atoms with Crippen molar-refractivity contribution in [1.82, 2.24) is 9.78 Å². The molecule has 0 spiro atoms. The highest BCUT2D eigenvalue weighted by Crippen LogP contribution is 2.24. The fourth-order valence-corrected chi connectivity index (χ4v) is 2.90. The Morgan fingerprint density at radius 1 is 1.14 bits per heavy atom. The molecule has 0 aliphatic carbocycles. The van der Waals surface area contributed by atoms with Crippen LogP contribution in [0, 0.1) is 12.7 Å². The molecule has 1 heterocycles. The summed E-state index contributed by atoms with van der Waals surface area (Å²) in [7, 11) is 3.03. The van der Waals surface area contributed by atoms with Gasteiger partial charge in [0.1, 0.15) is 17.3 Å². The van der Waals surface area contributed by atoms with E-state index >= 15 is 0 Å². The number of aromatic nitrogens is 2. The predicted octanol–water partition coefficient (Wildman–Crippen LogP) is 4.30. The summed E-state index contributed by atoms with van der Waals surface area (Å²) in [5, 5.41) is 7.47. The standard InChI is InChI=1S/C20H19ClFN3O3/c1-12-6-19(24-25(12)11-13-4-5-15(22)9-18(13)21)23-20(26)14-7-16(27-2)10-17(8-14)28-3/h4-10H,11H2,1-3H3,(H,23,24,26). The zero-order valence-electron chi connectivity index (χ0n) is 15.6. The van der Waals surface area contributed by atoms with Gasteiger partial charge >= 0.3 is 0 Å². The number of rotatable bonds is 6. The van der Waals surface area contributed by atoms with Crippen molar-refractivity contribution in [3.05, 3.63) is 70.1 Å². The number of amides is 1. The Bertz CT molecular complexity index is 998. The number of aryl methyl sites for hydroxylation is 1. The first-order valence-electron chi connectivity index (χ1n) is 8.42. The summed E-state index contributed by atoms with van der Waals surface area (Å²) in [6.45, 7) is 2.21. The third-order valence-corrected chi connectivity index (χ3v) is 4.52. The number of nitrogens with one attached hydrogen (secondary N) is 1. The summed E-state index contributed by atoms with van der Waals surface area (Å²) in [5.74, 6) is 0.672. The molecule has 1 N–H and O–H groups in total. The van der Waals surface area contributed by atoms with Gasteiger partial charge in [-0.15, -0.1) is 0 Å². The van der Waals surface area contributed by atoms with Crippen LogP contribution in [0.15, 0.2) is 42.5 Å². The average molecular weight is 404 g/mol. The molecule has 0 bridgehead atoms. The lowest BCUT2D eigenvalue weighted by molar-refractivity contribution is 0.102. The predicted molar refractivity (Wildman–Crippen MR) is 105 cm³/mol. The van der Waals surface area contributed by atoms with Gasteiger partial charge in [0, 0.05) is 28.4 Å². The molecular weight excluding hydrogens is 385 g/mol. The van der Waals surface area contributed by atoms with E-state index in [1.165, 1.54) is 26.4 Å². The van der Waals surface area contributed by atoms with E-state index in [4.69, 9.17) is 21.1 Å². The molecule has 2 aromatic carbocycles. The second kappa shape index (κ2) is 8.31. The zero-order chi connectivity index (χ0) is 20.3. The summed E-state index contributed by atoms with van der Waals surface area (Å²) in [4.78, 5) is 12.6. The van der Waals surface area contributed by atoms with Crippen LogP contribution in [0.25, 0.3) is 0 Å². The van der Waals surface area contributed by atoms with Crippen molar-refractivity contribution < 1.29 is 18.7 Å². The van der Waals surface area contributed by atoms with E-state index in [1.54, 1.807) is 35.0 Å². The van der Waals surface area contributed by atoms with Crippen molar-refractivity contribution in [2.45, 2.75) is 13.5 Å². The number of ether oxygens (including phenoxy) is 2. The maximum atomic E-state index is 13.2. The Morgan fingerprint density at radius 2 is 1.82 bits per heavy atom. The summed E-state index contributed by atoms with van der Waals surface area (Å²) in [6.07, 6.45) is 0. The second-order valence-corrected chi connectivity index (χ2v) is 6.53. The molecule has 0 aliphatic heterocycles. The maximum absolute atomic E-state index is 13.2. The maximum Gasteiger partial charge on any atom is 0.257 e. The fourth-order valence-electron chi connectivity index (χ4n) is 2.67. The van der Waals surface area contributed by atoms with E-state index in [-0.39, 0.29) is 5.91 Å². The van der Waals surface area contributed by atoms with Crippen LogP contribution in [0.3, 0.4) is 0 Å². The van der Waals surface area contributed by atoms with Crippen LogP contribution in [-0.4, -0.2) is 29.9 Å². The van der Waals surface area contributed by atoms with E-state index in [2.05, 4.69) is 10.4 Å². The molecule has 28 heavy (non-hydrogen) atoms. The third kappa shape index (κ3) is 4.43. The number of benzene rings is 2.